The molecule has 0 bridgehead atoms. The van der Waals surface area contributed by atoms with Crippen molar-refractivity contribution < 1.29 is 27.5 Å². The Bertz CT molecular complexity index is 1160. The number of nitrogens with one attached hydrogen (secondary N) is 1. The molecule has 2 amide bonds. The van der Waals surface area contributed by atoms with E-state index in [0.717, 1.165) is 23.4 Å². The molecule has 0 saturated heterocycles. The molecule has 0 unspecified atom stereocenters. The van der Waals surface area contributed by atoms with E-state index in [0.29, 0.717) is 28.6 Å². The third kappa shape index (κ3) is 7.76. The van der Waals surface area contributed by atoms with Gasteiger partial charge in [-0.2, -0.15) is 0 Å². The van der Waals surface area contributed by atoms with Crippen LogP contribution in [0.4, 0.5) is 5.69 Å². The number of rotatable bonds is 13. The molecule has 2 aromatic rings. The van der Waals surface area contributed by atoms with Crippen LogP contribution in [0.2, 0.25) is 5.02 Å². The molecule has 198 valence electrons. The summed E-state index contributed by atoms with van der Waals surface area (Å²) < 4.78 is 36.9. The number of carbonyl (C=O) groups excluding carboxylic acids is 2. The molecule has 9 nitrogen and oxygen atoms in total. The number of anilines is 1. The number of hydrogen-bond donors (Lipinski definition) is 1. The van der Waals surface area contributed by atoms with Crippen molar-refractivity contribution in [3.8, 4) is 11.5 Å². The van der Waals surface area contributed by atoms with Gasteiger partial charge in [0.25, 0.3) is 0 Å². The predicted molar refractivity (Wildman–Crippen MR) is 141 cm³/mol. The lowest BCUT2D eigenvalue weighted by molar-refractivity contribution is -0.139. The van der Waals surface area contributed by atoms with Gasteiger partial charge in [-0.25, -0.2) is 8.42 Å². The maximum Gasteiger partial charge on any atom is 0.244 e. The Morgan fingerprint density at radius 3 is 2.33 bits per heavy atom. The van der Waals surface area contributed by atoms with E-state index in [1.807, 2.05) is 6.92 Å². The van der Waals surface area contributed by atoms with Gasteiger partial charge in [-0.15, -0.1) is 0 Å². The first-order chi connectivity index (χ1) is 17.0. The molecular formula is C25H34ClN3O6S. The molecule has 36 heavy (non-hydrogen) atoms. The van der Waals surface area contributed by atoms with Crippen molar-refractivity contribution in [3.05, 3.63) is 53.1 Å². The van der Waals surface area contributed by atoms with Crippen LogP contribution in [0.25, 0.3) is 0 Å². The van der Waals surface area contributed by atoms with Gasteiger partial charge in [-0.1, -0.05) is 43.1 Å². The van der Waals surface area contributed by atoms with Crippen LogP contribution in [0.5, 0.6) is 11.5 Å². The fourth-order valence-electron chi connectivity index (χ4n) is 3.52. The summed E-state index contributed by atoms with van der Waals surface area (Å²) in [7, 11) is -0.973. The number of unbranched alkanes of at least 4 members (excludes halogenated alkanes) is 1. The Labute approximate surface area is 218 Å². The van der Waals surface area contributed by atoms with Gasteiger partial charge >= 0.3 is 0 Å². The Kier molecular flexibility index (Phi) is 10.9. The SMILES string of the molecule is CCCCNC(=O)[C@@H](C)N(Cc1ccccc1Cl)C(=O)CN(c1ccc(OC)c(OC)c1)S(C)(=O)=O. The van der Waals surface area contributed by atoms with Crippen molar-refractivity contribution in [2.45, 2.75) is 39.3 Å². The van der Waals surface area contributed by atoms with Crippen LogP contribution in [0.1, 0.15) is 32.3 Å². The molecule has 0 aliphatic heterocycles. The average molecular weight is 540 g/mol. The van der Waals surface area contributed by atoms with Crippen LogP contribution in [0, 0.1) is 0 Å². The number of methoxy groups -OCH3 is 2. The number of ether oxygens (including phenoxy) is 2. The zero-order valence-corrected chi connectivity index (χ0v) is 22.9. The first-order valence-electron chi connectivity index (χ1n) is 11.5. The summed E-state index contributed by atoms with van der Waals surface area (Å²) in [5.41, 5.74) is 0.860. The highest BCUT2D eigenvalue weighted by Crippen LogP contribution is 2.32. The van der Waals surface area contributed by atoms with Gasteiger partial charge in [0.05, 0.1) is 26.2 Å². The summed E-state index contributed by atoms with van der Waals surface area (Å²) in [5.74, 6) is -0.166. The maximum atomic E-state index is 13.6. The Morgan fingerprint density at radius 1 is 1.08 bits per heavy atom. The molecule has 0 saturated carbocycles. The fourth-order valence-corrected chi connectivity index (χ4v) is 4.56. The van der Waals surface area contributed by atoms with Crippen molar-refractivity contribution in [1.29, 1.82) is 0 Å². The fraction of sp³-hybridized carbons (Fsp3) is 0.440. The van der Waals surface area contributed by atoms with E-state index in [2.05, 4.69) is 5.32 Å². The first kappa shape index (κ1) is 29.3. The second-order valence-electron chi connectivity index (χ2n) is 8.24. The summed E-state index contributed by atoms with van der Waals surface area (Å²) in [6.45, 7) is 3.61. The topological polar surface area (TPSA) is 105 Å². The molecule has 2 rings (SSSR count). The second-order valence-corrected chi connectivity index (χ2v) is 10.6. The molecule has 0 spiro atoms. The highest BCUT2D eigenvalue weighted by molar-refractivity contribution is 7.92. The van der Waals surface area contributed by atoms with Crippen molar-refractivity contribution in [3.63, 3.8) is 0 Å². The van der Waals surface area contributed by atoms with E-state index in [9.17, 15) is 18.0 Å². The van der Waals surface area contributed by atoms with Crippen LogP contribution in [0.3, 0.4) is 0 Å². The van der Waals surface area contributed by atoms with Gasteiger partial charge in [-0.3, -0.25) is 13.9 Å². The van der Waals surface area contributed by atoms with Crippen LogP contribution < -0.4 is 19.1 Å². The number of nitrogens with zero attached hydrogens (tertiary/aromatic N) is 2. The Balaban J connectivity index is 2.41. The number of halogens is 1. The second kappa shape index (κ2) is 13.4. The number of benzene rings is 2. The lowest BCUT2D eigenvalue weighted by Gasteiger charge is -2.31. The lowest BCUT2D eigenvalue weighted by Crippen LogP contribution is -2.51. The molecule has 0 fully saturated rings. The number of sulfonamides is 1. The monoisotopic (exact) mass is 539 g/mol. The minimum absolute atomic E-state index is 0.0321. The zero-order valence-electron chi connectivity index (χ0n) is 21.3. The van der Waals surface area contributed by atoms with Crippen LogP contribution in [0.15, 0.2) is 42.5 Å². The normalized spacial score (nSPS) is 11.9. The van der Waals surface area contributed by atoms with Gasteiger partial charge in [0, 0.05) is 24.2 Å². The van der Waals surface area contributed by atoms with Crippen LogP contribution in [-0.4, -0.2) is 64.7 Å². The molecule has 0 heterocycles. The maximum absolute atomic E-state index is 13.6. The molecule has 2 aromatic carbocycles. The molecule has 0 aliphatic rings. The van der Waals surface area contributed by atoms with Crippen LogP contribution in [-0.2, 0) is 26.2 Å². The first-order valence-corrected chi connectivity index (χ1v) is 13.8. The molecule has 0 radical (unpaired) electrons. The lowest BCUT2D eigenvalue weighted by atomic mass is 10.1. The largest absolute Gasteiger partial charge is 0.493 e. The quantitative estimate of drug-likeness (QED) is 0.391. The third-order valence-electron chi connectivity index (χ3n) is 5.63. The molecular weight excluding hydrogens is 506 g/mol. The Hall–Kier alpha value is -2.98. The molecule has 1 atom stereocenters. The number of carbonyl (C=O) groups is 2. The van der Waals surface area contributed by atoms with Gasteiger partial charge < -0.3 is 19.7 Å². The van der Waals surface area contributed by atoms with Crippen molar-refractivity contribution in [2.75, 3.05) is 37.9 Å². The summed E-state index contributed by atoms with van der Waals surface area (Å²) in [4.78, 5) is 27.8. The zero-order chi connectivity index (χ0) is 26.9. The predicted octanol–water partition coefficient (Wildman–Crippen LogP) is 3.46. The minimum Gasteiger partial charge on any atom is -0.493 e. The van der Waals surface area contributed by atoms with Crippen molar-refractivity contribution in [2.24, 2.45) is 0 Å². The van der Waals surface area contributed by atoms with E-state index in [4.69, 9.17) is 21.1 Å². The van der Waals surface area contributed by atoms with Gasteiger partial charge in [0.1, 0.15) is 12.6 Å². The minimum atomic E-state index is -3.87. The highest BCUT2D eigenvalue weighted by atomic mass is 35.5. The Morgan fingerprint density at radius 2 is 1.75 bits per heavy atom. The van der Waals surface area contributed by atoms with E-state index < -0.39 is 28.5 Å². The van der Waals surface area contributed by atoms with E-state index in [-0.39, 0.29) is 18.1 Å². The molecule has 0 aromatic heterocycles. The van der Waals surface area contributed by atoms with E-state index in [1.54, 1.807) is 37.3 Å². The summed E-state index contributed by atoms with van der Waals surface area (Å²) in [6.07, 6.45) is 2.72. The van der Waals surface area contributed by atoms with Gasteiger partial charge in [0.2, 0.25) is 21.8 Å². The standard InChI is InChI=1S/C25H34ClN3O6S/c1-6-7-14-27-25(31)18(2)28(16-19-10-8-9-11-21(19)26)24(30)17-29(36(5,32)33)20-12-13-22(34-3)23(15-20)35-4/h8-13,15,18H,6-7,14,16-17H2,1-5H3,(H,27,31)/t18-/m1/s1. The van der Waals surface area contributed by atoms with Crippen LogP contribution >= 0.6 is 11.6 Å². The van der Waals surface area contributed by atoms with Crippen molar-refractivity contribution in [1.82, 2.24) is 10.2 Å². The van der Waals surface area contributed by atoms with Gasteiger partial charge in [0.15, 0.2) is 11.5 Å². The summed E-state index contributed by atoms with van der Waals surface area (Å²) in [6, 6.07) is 10.7. The third-order valence-corrected chi connectivity index (χ3v) is 7.14. The van der Waals surface area contributed by atoms with Crippen molar-refractivity contribution >= 4 is 39.1 Å². The summed E-state index contributed by atoms with van der Waals surface area (Å²) >= 11 is 6.33. The number of hydrogen-bond acceptors (Lipinski definition) is 6. The average Bonchev–Trinajstić information content (AvgIpc) is 2.85. The summed E-state index contributed by atoms with van der Waals surface area (Å²) in [5, 5.41) is 3.27. The molecule has 0 aliphatic carbocycles. The van der Waals surface area contributed by atoms with Gasteiger partial charge in [-0.05, 0) is 37.1 Å². The van der Waals surface area contributed by atoms with E-state index in [1.165, 1.54) is 31.3 Å². The number of amides is 2. The highest BCUT2D eigenvalue weighted by Gasteiger charge is 2.30. The molecule has 1 N–H and O–H groups in total. The smallest absolute Gasteiger partial charge is 0.244 e. The van der Waals surface area contributed by atoms with E-state index >= 15 is 0 Å². The molecule has 11 heteroatoms.